The van der Waals surface area contributed by atoms with Crippen LogP contribution in [-0.4, -0.2) is 35.0 Å². The van der Waals surface area contributed by atoms with Crippen LogP contribution in [0.15, 0.2) is 22.7 Å². The second-order valence-electron chi connectivity index (χ2n) is 5.67. The van der Waals surface area contributed by atoms with Crippen LogP contribution >= 0.6 is 15.9 Å². The SMILES string of the molecule is Cc1cc(Br)ccc1CC(=O)N1CCC(CC(=O)O)CC1. The standard InChI is InChI=1S/C16H20BrNO3/c1-11-8-14(17)3-2-13(11)10-15(19)18-6-4-12(5-7-18)9-16(20)21/h2-3,8,12H,4-7,9-10H2,1H3,(H,20,21). The van der Waals surface area contributed by atoms with Crippen LogP contribution in [0.25, 0.3) is 0 Å². The molecule has 0 radical (unpaired) electrons. The normalized spacial score (nSPS) is 16.0. The summed E-state index contributed by atoms with van der Waals surface area (Å²) in [7, 11) is 0. The molecule has 114 valence electrons. The minimum absolute atomic E-state index is 0.134. The van der Waals surface area contributed by atoms with Crippen molar-refractivity contribution in [1.29, 1.82) is 0 Å². The molecule has 4 nitrogen and oxygen atoms in total. The van der Waals surface area contributed by atoms with Gasteiger partial charge < -0.3 is 10.0 Å². The summed E-state index contributed by atoms with van der Waals surface area (Å²) < 4.78 is 1.02. The fraction of sp³-hybridized carbons (Fsp3) is 0.500. The van der Waals surface area contributed by atoms with E-state index in [0.29, 0.717) is 19.5 Å². The van der Waals surface area contributed by atoms with Crippen LogP contribution in [0.4, 0.5) is 0 Å². The van der Waals surface area contributed by atoms with Gasteiger partial charge in [0.2, 0.25) is 5.91 Å². The topological polar surface area (TPSA) is 57.6 Å². The second-order valence-corrected chi connectivity index (χ2v) is 6.59. The Labute approximate surface area is 133 Å². The van der Waals surface area contributed by atoms with Gasteiger partial charge in [0.25, 0.3) is 0 Å². The average molecular weight is 354 g/mol. The predicted molar refractivity (Wildman–Crippen MR) is 84.1 cm³/mol. The molecule has 1 heterocycles. The van der Waals surface area contributed by atoms with Gasteiger partial charge >= 0.3 is 5.97 Å². The molecular formula is C16H20BrNO3. The molecule has 2 rings (SSSR count). The average Bonchev–Trinajstić information content (AvgIpc) is 2.42. The van der Waals surface area contributed by atoms with Crippen LogP contribution in [0.5, 0.6) is 0 Å². The van der Waals surface area contributed by atoms with E-state index in [-0.39, 0.29) is 18.2 Å². The smallest absolute Gasteiger partial charge is 0.303 e. The van der Waals surface area contributed by atoms with Gasteiger partial charge in [-0.05, 0) is 48.9 Å². The van der Waals surface area contributed by atoms with Crippen molar-refractivity contribution < 1.29 is 14.7 Å². The van der Waals surface area contributed by atoms with E-state index in [1.54, 1.807) is 0 Å². The number of likely N-dealkylation sites (tertiary alicyclic amines) is 1. The number of amides is 1. The summed E-state index contributed by atoms with van der Waals surface area (Å²) in [6.45, 7) is 3.35. The first-order valence-electron chi connectivity index (χ1n) is 7.20. The van der Waals surface area contributed by atoms with Crippen LogP contribution < -0.4 is 0 Å². The van der Waals surface area contributed by atoms with Crippen molar-refractivity contribution >= 4 is 27.8 Å². The summed E-state index contributed by atoms with van der Waals surface area (Å²) in [5.74, 6) is -0.402. The first kappa shape index (κ1) is 16.0. The Kier molecular flexibility index (Phi) is 5.39. The van der Waals surface area contributed by atoms with Crippen LogP contribution in [-0.2, 0) is 16.0 Å². The van der Waals surface area contributed by atoms with Gasteiger partial charge in [-0.3, -0.25) is 9.59 Å². The number of nitrogens with zero attached hydrogens (tertiary/aromatic N) is 1. The molecule has 0 atom stereocenters. The van der Waals surface area contributed by atoms with E-state index in [1.165, 1.54) is 0 Å². The fourth-order valence-corrected chi connectivity index (χ4v) is 3.24. The number of carbonyl (C=O) groups is 2. The van der Waals surface area contributed by atoms with Gasteiger partial charge in [-0.2, -0.15) is 0 Å². The molecule has 1 aliphatic rings. The Balaban J connectivity index is 1.89. The minimum atomic E-state index is -0.745. The lowest BCUT2D eigenvalue weighted by molar-refractivity contribution is -0.138. The largest absolute Gasteiger partial charge is 0.481 e. The van der Waals surface area contributed by atoms with Crippen molar-refractivity contribution in [2.45, 2.75) is 32.6 Å². The Morgan fingerprint density at radius 3 is 2.57 bits per heavy atom. The van der Waals surface area contributed by atoms with Gasteiger partial charge in [0.15, 0.2) is 0 Å². The highest BCUT2D eigenvalue weighted by Gasteiger charge is 2.24. The third-order valence-corrected chi connectivity index (χ3v) is 4.57. The summed E-state index contributed by atoms with van der Waals surface area (Å²) in [6, 6.07) is 5.95. The van der Waals surface area contributed by atoms with E-state index in [9.17, 15) is 9.59 Å². The summed E-state index contributed by atoms with van der Waals surface area (Å²) in [5.41, 5.74) is 2.16. The minimum Gasteiger partial charge on any atom is -0.481 e. The Bertz CT molecular complexity index is 536. The van der Waals surface area contributed by atoms with Gasteiger partial charge in [0.05, 0.1) is 6.42 Å². The number of carboxylic acids is 1. The van der Waals surface area contributed by atoms with E-state index in [0.717, 1.165) is 28.4 Å². The van der Waals surface area contributed by atoms with Crippen molar-refractivity contribution in [2.75, 3.05) is 13.1 Å². The number of hydrogen-bond acceptors (Lipinski definition) is 2. The first-order valence-corrected chi connectivity index (χ1v) is 7.99. The number of carboxylic acid groups (broad SMARTS) is 1. The third-order valence-electron chi connectivity index (χ3n) is 4.08. The summed E-state index contributed by atoms with van der Waals surface area (Å²) in [4.78, 5) is 24.9. The molecule has 0 aromatic heterocycles. The monoisotopic (exact) mass is 353 g/mol. The van der Waals surface area contributed by atoms with E-state index in [4.69, 9.17) is 5.11 Å². The molecule has 1 aliphatic heterocycles. The molecule has 21 heavy (non-hydrogen) atoms. The van der Waals surface area contributed by atoms with Gasteiger partial charge in [-0.25, -0.2) is 0 Å². The zero-order valence-corrected chi connectivity index (χ0v) is 13.7. The van der Waals surface area contributed by atoms with Gasteiger partial charge in [-0.1, -0.05) is 22.0 Å². The Morgan fingerprint density at radius 1 is 1.33 bits per heavy atom. The third kappa shape index (κ3) is 4.56. The summed E-state index contributed by atoms with van der Waals surface area (Å²) >= 11 is 3.42. The zero-order valence-electron chi connectivity index (χ0n) is 12.1. The number of halogens is 1. The number of piperidine rings is 1. The molecule has 1 fully saturated rings. The second kappa shape index (κ2) is 7.07. The fourth-order valence-electron chi connectivity index (χ4n) is 2.77. The molecule has 0 aliphatic carbocycles. The van der Waals surface area contributed by atoms with Crippen molar-refractivity contribution in [3.8, 4) is 0 Å². The highest BCUT2D eigenvalue weighted by molar-refractivity contribution is 9.10. The number of aryl methyl sites for hydroxylation is 1. The maximum atomic E-state index is 12.3. The highest BCUT2D eigenvalue weighted by Crippen LogP contribution is 2.22. The molecule has 0 spiro atoms. The lowest BCUT2D eigenvalue weighted by Gasteiger charge is -2.31. The molecule has 0 saturated carbocycles. The molecule has 1 aromatic carbocycles. The molecule has 1 aromatic rings. The molecule has 0 bridgehead atoms. The zero-order chi connectivity index (χ0) is 15.4. The molecule has 1 amide bonds. The number of carbonyl (C=O) groups excluding carboxylic acids is 1. The lowest BCUT2D eigenvalue weighted by Crippen LogP contribution is -2.39. The number of rotatable bonds is 4. The van der Waals surface area contributed by atoms with Crippen molar-refractivity contribution in [1.82, 2.24) is 4.90 Å². The summed E-state index contributed by atoms with van der Waals surface area (Å²) in [6.07, 6.45) is 2.21. The Hall–Kier alpha value is -1.36. The Morgan fingerprint density at radius 2 is 2.00 bits per heavy atom. The number of benzene rings is 1. The number of aliphatic carboxylic acids is 1. The highest BCUT2D eigenvalue weighted by atomic mass is 79.9. The van der Waals surface area contributed by atoms with Crippen LogP contribution in [0, 0.1) is 12.8 Å². The van der Waals surface area contributed by atoms with E-state index in [1.807, 2.05) is 30.0 Å². The number of hydrogen-bond donors (Lipinski definition) is 1. The van der Waals surface area contributed by atoms with Crippen molar-refractivity contribution in [2.24, 2.45) is 5.92 Å². The van der Waals surface area contributed by atoms with Crippen LogP contribution in [0.2, 0.25) is 0 Å². The van der Waals surface area contributed by atoms with Gasteiger partial charge in [-0.15, -0.1) is 0 Å². The predicted octanol–water partition coefficient (Wildman–Crippen LogP) is 3.01. The molecule has 1 N–H and O–H groups in total. The molecule has 0 unspecified atom stereocenters. The van der Waals surface area contributed by atoms with Crippen LogP contribution in [0.3, 0.4) is 0 Å². The van der Waals surface area contributed by atoms with Gasteiger partial charge in [0.1, 0.15) is 0 Å². The lowest BCUT2D eigenvalue weighted by atomic mass is 9.93. The van der Waals surface area contributed by atoms with Crippen molar-refractivity contribution in [3.63, 3.8) is 0 Å². The molecular weight excluding hydrogens is 334 g/mol. The maximum absolute atomic E-state index is 12.3. The van der Waals surface area contributed by atoms with Crippen LogP contribution in [0.1, 0.15) is 30.4 Å². The first-order chi connectivity index (χ1) is 9.95. The van der Waals surface area contributed by atoms with E-state index in [2.05, 4.69) is 15.9 Å². The molecule has 1 saturated heterocycles. The summed E-state index contributed by atoms with van der Waals surface area (Å²) in [5, 5.41) is 8.80. The quantitative estimate of drug-likeness (QED) is 0.904. The van der Waals surface area contributed by atoms with Crippen molar-refractivity contribution in [3.05, 3.63) is 33.8 Å². The van der Waals surface area contributed by atoms with E-state index >= 15 is 0 Å². The van der Waals surface area contributed by atoms with Gasteiger partial charge in [0, 0.05) is 24.0 Å². The maximum Gasteiger partial charge on any atom is 0.303 e. The van der Waals surface area contributed by atoms with E-state index < -0.39 is 5.97 Å². The molecule has 5 heteroatoms.